The Morgan fingerprint density at radius 1 is 1.18 bits per heavy atom. The molecule has 176 valence electrons. The van der Waals surface area contributed by atoms with Gasteiger partial charge in [-0.05, 0) is 31.0 Å². The summed E-state index contributed by atoms with van der Waals surface area (Å²) in [6.45, 7) is 1.85. The van der Waals surface area contributed by atoms with Gasteiger partial charge in [-0.3, -0.25) is 9.78 Å². The molecule has 4 heterocycles. The highest BCUT2D eigenvalue weighted by molar-refractivity contribution is 6.31. The first kappa shape index (κ1) is 22.5. The molecule has 0 atom stereocenters. The maximum absolute atomic E-state index is 13.2. The fourth-order valence-electron chi connectivity index (χ4n) is 4.76. The lowest BCUT2D eigenvalue weighted by atomic mass is 9.93. The van der Waals surface area contributed by atoms with Crippen LogP contribution in [0.3, 0.4) is 0 Å². The normalized spacial score (nSPS) is 17.0. The zero-order valence-electron chi connectivity index (χ0n) is 18.0. The van der Waals surface area contributed by atoms with E-state index in [-0.39, 0.29) is 30.7 Å². The Kier molecular flexibility index (Phi) is 5.60. The average molecular weight is 489 g/mol. The number of hydrogen-bond acceptors (Lipinski definition) is 5. The van der Waals surface area contributed by atoms with Gasteiger partial charge in [-0.1, -0.05) is 11.6 Å². The molecule has 34 heavy (non-hydrogen) atoms. The van der Waals surface area contributed by atoms with Crippen molar-refractivity contribution >= 4 is 34.1 Å². The molecular weight excluding hydrogens is 469 g/mol. The van der Waals surface area contributed by atoms with Crippen LogP contribution in [0.2, 0.25) is 5.02 Å². The van der Waals surface area contributed by atoms with Crippen molar-refractivity contribution in [2.45, 2.75) is 32.1 Å². The van der Waals surface area contributed by atoms with Crippen molar-refractivity contribution in [3.05, 3.63) is 52.7 Å². The van der Waals surface area contributed by atoms with Crippen LogP contribution in [0.4, 0.5) is 18.9 Å². The molecule has 2 aliphatic rings. The van der Waals surface area contributed by atoms with E-state index in [0.717, 1.165) is 22.8 Å². The van der Waals surface area contributed by atoms with Crippen molar-refractivity contribution in [1.82, 2.24) is 19.4 Å². The number of imidazole rings is 1. The Hall–Kier alpha value is -3.32. The van der Waals surface area contributed by atoms with E-state index in [1.165, 1.54) is 4.57 Å². The maximum Gasteiger partial charge on any atom is 0.434 e. The molecule has 1 aromatic carbocycles. The standard InChI is InChI=1S/C23H20ClF3N6O/c24-16-1-2-18-17(9-16)21(15(10-28)11-29-18)31-5-3-14(4-6-31)22(34)33-8-7-32-12-19(23(25,26)27)30-20(32)13-33/h1-2,9,11-12,14H,3-8,13H2. The highest BCUT2D eigenvalue weighted by Crippen LogP contribution is 2.35. The van der Waals surface area contributed by atoms with E-state index >= 15 is 0 Å². The molecular formula is C23H20ClF3N6O. The van der Waals surface area contributed by atoms with Crippen LogP contribution in [0, 0.1) is 17.2 Å². The number of piperidine rings is 1. The summed E-state index contributed by atoms with van der Waals surface area (Å²) in [6.07, 6.45) is -0.795. The third kappa shape index (κ3) is 4.05. The predicted octanol–water partition coefficient (Wildman–Crippen LogP) is 4.23. The summed E-state index contributed by atoms with van der Waals surface area (Å²) in [5.41, 5.74) is 1.02. The number of carbonyl (C=O) groups excluding carboxylic acids is 1. The SMILES string of the molecule is N#Cc1cnc2ccc(Cl)cc2c1N1CCC(C(=O)N2CCn3cc(C(F)(F)F)nc3C2)CC1. The number of anilines is 1. The molecule has 2 aliphatic heterocycles. The molecule has 0 saturated carbocycles. The zero-order chi connectivity index (χ0) is 24.0. The van der Waals surface area contributed by atoms with E-state index in [0.29, 0.717) is 43.1 Å². The Morgan fingerprint density at radius 2 is 1.94 bits per heavy atom. The molecule has 0 aliphatic carbocycles. The van der Waals surface area contributed by atoms with Gasteiger partial charge in [-0.25, -0.2) is 4.98 Å². The average Bonchev–Trinajstić information content (AvgIpc) is 3.27. The molecule has 11 heteroatoms. The lowest BCUT2D eigenvalue weighted by molar-refractivity contribution is -0.141. The molecule has 3 aromatic rings. The molecule has 1 saturated heterocycles. The molecule has 0 bridgehead atoms. The Labute approximate surface area is 198 Å². The fourth-order valence-corrected chi connectivity index (χ4v) is 4.93. The topological polar surface area (TPSA) is 78.0 Å². The third-order valence-corrected chi connectivity index (χ3v) is 6.72. The summed E-state index contributed by atoms with van der Waals surface area (Å²) < 4.78 is 40.4. The summed E-state index contributed by atoms with van der Waals surface area (Å²) in [6, 6.07) is 7.55. The van der Waals surface area contributed by atoms with E-state index in [1.54, 1.807) is 23.2 Å². The minimum Gasteiger partial charge on any atom is -0.370 e. The van der Waals surface area contributed by atoms with Gasteiger partial charge in [0.25, 0.3) is 0 Å². The number of hydrogen-bond donors (Lipinski definition) is 0. The van der Waals surface area contributed by atoms with Crippen LogP contribution >= 0.6 is 11.6 Å². The number of fused-ring (bicyclic) bond motifs is 2. The molecule has 7 nitrogen and oxygen atoms in total. The van der Waals surface area contributed by atoms with Crippen LogP contribution in [0.25, 0.3) is 10.9 Å². The van der Waals surface area contributed by atoms with Crippen LogP contribution in [-0.4, -0.2) is 45.0 Å². The fraction of sp³-hybridized carbons (Fsp3) is 0.391. The van der Waals surface area contributed by atoms with E-state index in [9.17, 15) is 23.2 Å². The molecule has 5 rings (SSSR count). The lowest BCUT2D eigenvalue weighted by Gasteiger charge is -2.37. The number of benzene rings is 1. The number of halogens is 4. The molecule has 0 N–H and O–H groups in total. The number of pyridine rings is 1. The third-order valence-electron chi connectivity index (χ3n) is 6.49. The molecule has 0 spiro atoms. The molecule has 1 fully saturated rings. The zero-order valence-corrected chi connectivity index (χ0v) is 18.8. The first-order chi connectivity index (χ1) is 16.2. The van der Waals surface area contributed by atoms with E-state index in [2.05, 4.69) is 20.9 Å². The molecule has 0 unspecified atom stereocenters. The first-order valence-corrected chi connectivity index (χ1v) is 11.3. The lowest BCUT2D eigenvalue weighted by Crippen LogP contribution is -2.45. The maximum atomic E-state index is 13.2. The molecule has 1 amide bonds. The van der Waals surface area contributed by atoms with Crippen molar-refractivity contribution in [2.24, 2.45) is 5.92 Å². The van der Waals surface area contributed by atoms with Crippen LogP contribution in [0.1, 0.15) is 29.9 Å². The predicted molar refractivity (Wildman–Crippen MR) is 119 cm³/mol. The minimum atomic E-state index is -4.50. The van der Waals surface area contributed by atoms with Gasteiger partial charge < -0.3 is 14.4 Å². The van der Waals surface area contributed by atoms with Crippen molar-refractivity contribution in [3.8, 4) is 6.07 Å². The molecule has 0 radical (unpaired) electrons. The van der Waals surface area contributed by atoms with E-state index in [4.69, 9.17) is 11.6 Å². The van der Waals surface area contributed by atoms with Gasteiger partial charge in [0.15, 0.2) is 5.69 Å². The van der Waals surface area contributed by atoms with Gasteiger partial charge in [0.1, 0.15) is 11.9 Å². The summed E-state index contributed by atoms with van der Waals surface area (Å²) in [7, 11) is 0. The Morgan fingerprint density at radius 3 is 2.65 bits per heavy atom. The summed E-state index contributed by atoms with van der Waals surface area (Å²) >= 11 is 6.19. The van der Waals surface area contributed by atoms with Crippen LogP contribution in [0.15, 0.2) is 30.6 Å². The first-order valence-electron chi connectivity index (χ1n) is 10.9. The number of carbonyl (C=O) groups is 1. The summed E-state index contributed by atoms with van der Waals surface area (Å²) in [4.78, 5) is 24.9. The summed E-state index contributed by atoms with van der Waals surface area (Å²) in [5, 5.41) is 11.0. The van der Waals surface area contributed by atoms with Crippen LogP contribution in [-0.2, 0) is 24.1 Å². The smallest absolute Gasteiger partial charge is 0.370 e. The molecule has 2 aromatic heterocycles. The second-order valence-electron chi connectivity index (χ2n) is 8.55. The second kappa shape index (κ2) is 8.47. The van der Waals surface area contributed by atoms with Crippen molar-refractivity contribution in [3.63, 3.8) is 0 Å². The van der Waals surface area contributed by atoms with Crippen LogP contribution in [0.5, 0.6) is 0 Å². The number of nitriles is 1. The van der Waals surface area contributed by atoms with Gasteiger partial charge in [0.2, 0.25) is 5.91 Å². The van der Waals surface area contributed by atoms with Gasteiger partial charge in [-0.15, -0.1) is 0 Å². The van der Waals surface area contributed by atoms with E-state index in [1.807, 2.05) is 6.07 Å². The number of nitrogens with zero attached hydrogens (tertiary/aromatic N) is 6. The van der Waals surface area contributed by atoms with Gasteiger partial charge >= 0.3 is 6.18 Å². The van der Waals surface area contributed by atoms with Crippen molar-refractivity contribution in [1.29, 1.82) is 5.26 Å². The number of alkyl halides is 3. The number of aromatic nitrogens is 3. The largest absolute Gasteiger partial charge is 0.434 e. The van der Waals surface area contributed by atoms with Gasteiger partial charge in [-0.2, -0.15) is 18.4 Å². The van der Waals surface area contributed by atoms with Gasteiger partial charge in [0, 0.05) is 54.9 Å². The van der Waals surface area contributed by atoms with Crippen molar-refractivity contribution < 1.29 is 18.0 Å². The monoisotopic (exact) mass is 488 g/mol. The highest BCUT2D eigenvalue weighted by Gasteiger charge is 2.37. The minimum absolute atomic E-state index is 0.0643. The number of rotatable bonds is 2. The Bertz CT molecular complexity index is 1310. The van der Waals surface area contributed by atoms with Crippen LogP contribution < -0.4 is 4.90 Å². The number of amides is 1. The summed E-state index contributed by atoms with van der Waals surface area (Å²) in [5.74, 6) is -0.0455. The Balaban J connectivity index is 1.30. The van der Waals surface area contributed by atoms with Gasteiger partial charge in [0.05, 0.1) is 23.3 Å². The highest BCUT2D eigenvalue weighted by atomic mass is 35.5. The van der Waals surface area contributed by atoms with E-state index < -0.39 is 11.9 Å². The quantitative estimate of drug-likeness (QED) is 0.539. The second-order valence-corrected chi connectivity index (χ2v) is 8.98. The van der Waals surface area contributed by atoms with Crippen molar-refractivity contribution in [2.75, 3.05) is 24.5 Å².